The Hall–Kier alpha value is -0.420. The van der Waals surface area contributed by atoms with Gasteiger partial charge in [-0.1, -0.05) is 76.7 Å². The number of nitrogens with one attached hydrogen (secondary N) is 1. The summed E-state index contributed by atoms with van der Waals surface area (Å²) in [6.07, 6.45) is 19.2. The molecular weight excluding hydrogens is 850 g/mol. The smallest absolute Gasteiger partial charge is 0.735 e. The van der Waals surface area contributed by atoms with Gasteiger partial charge in [-0.3, -0.25) is 4.79 Å². The molecule has 352 valence electrons. The quantitative estimate of drug-likeness (QED) is 0.0127. The Morgan fingerprint density at radius 2 is 1.54 bits per heavy atom. The molecule has 0 amide bonds. The van der Waals surface area contributed by atoms with E-state index < -0.39 is 67.7 Å². The van der Waals surface area contributed by atoms with Crippen molar-refractivity contribution in [2.24, 2.45) is 0 Å². The number of carbonyl (C=O) groups excluding carboxylic acids is 2. The van der Waals surface area contributed by atoms with Crippen LogP contribution in [0.5, 0.6) is 0 Å². The molecule has 4 N–H and O–H groups in total. The first-order valence-electron chi connectivity index (χ1n) is 21.7. The maximum Gasteiger partial charge on any atom is 1.00 e. The van der Waals surface area contributed by atoms with Gasteiger partial charge in [0.25, 0.3) is 0 Å². The zero-order valence-corrected chi connectivity index (χ0v) is 41.1. The second-order valence-electron chi connectivity index (χ2n) is 16.9. The zero-order chi connectivity index (χ0) is 44.5. The fourth-order valence-corrected chi connectivity index (χ4v) is 8.31. The second-order valence-corrected chi connectivity index (χ2v) is 19.5. The van der Waals surface area contributed by atoms with Crippen molar-refractivity contribution >= 4 is 30.4 Å². The molecule has 0 saturated carbocycles. The van der Waals surface area contributed by atoms with Crippen molar-refractivity contribution in [3.8, 4) is 0 Å². The minimum atomic E-state index is -4.62. The Labute approximate surface area is 387 Å². The number of hydrogen-bond acceptors (Lipinski definition) is 16. The van der Waals surface area contributed by atoms with E-state index in [2.05, 4.69) is 0 Å². The van der Waals surface area contributed by atoms with Crippen LogP contribution < -0.4 is 39.2 Å². The summed E-state index contributed by atoms with van der Waals surface area (Å²) in [5.74, 6) is -1.91. The fourth-order valence-electron chi connectivity index (χ4n) is 7.02. The van der Waals surface area contributed by atoms with Crippen LogP contribution in [0.1, 0.15) is 129 Å². The first kappa shape index (κ1) is 58.6. The van der Waals surface area contributed by atoms with Crippen LogP contribution in [-0.4, -0.2) is 148 Å². The molecule has 0 aromatic carbocycles. The molecule has 18 nitrogen and oxygen atoms in total. The normalized spacial score (nSPS) is 22.4. The number of unbranched alkanes of at least 4 members (excludes halogenated alkanes) is 13. The molecule has 2 fully saturated rings. The second kappa shape index (κ2) is 31.5. The standard InChI is InChI=1S/C40H75N2O16PS.Na/c1-33(44)53-31-35(32-55-59(47,48)54-28-26-42(2,3)4)56-38(46)22-18-14-12-13-17-21-37-39-36(45)23-25-40(57-37,58-39)24-19-15-10-8-6-5-7-9-11-16-20-27-52-30-34(29-43)41-60(49,50)51;/h18,22,34-37,39,41,43,45H,5-17,19-21,23-32H2,1-4H3,(H-,47,48,49,50,51);/q;+1/b22-18+;/t34?,35-,36-,37-,39-,40+;/m1./s1. The zero-order valence-electron chi connectivity index (χ0n) is 37.4. The van der Waals surface area contributed by atoms with Crippen LogP contribution in [0.2, 0.25) is 0 Å². The SMILES string of the molecule is CC(=O)OC[C@H](CO[P+]([O-])(O)OCC[N+](C)(C)C)OC(=O)/C=C/CCCCC[C@H]1O[C@]2(CCCCCCCCCCCCCOCC(CO)NS(=O)(=O)[O-])CC[C@@H](O)[C@H]1O2.[Na+]. The van der Waals surface area contributed by atoms with Gasteiger partial charge in [0.05, 0.1) is 52.6 Å². The van der Waals surface area contributed by atoms with Gasteiger partial charge in [-0.2, -0.15) is 13.9 Å². The van der Waals surface area contributed by atoms with E-state index in [4.69, 9.17) is 37.8 Å². The number of likely N-dealkylation sites (N-methyl/N-ethyl adjacent to an activating group) is 1. The Balaban J connectivity index is 0.0000186. The first-order chi connectivity index (χ1) is 28.3. The molecular formula is C40H75N2NaO16PS+. The molecule has 2 unspecified atom stereocenters. The topological polar surface area (TPSA) is 252 Å². The largest absolute Gasteiger partial charge is 1.00 e. The number of esters is 2. The fraction of sp³-hybridized carbons (Fsp3) is 0.900. The van der Waals surface area contributed by atoms with Crippen molar-refractivity contribution in [1.82, 2.24) is 4.72 Å². The van der Waals surface area contributed by atoms with Gasteiger partial charge >= 0.3 is 49.7 Å². The van der Waals surface area contributed by atoms with Crippen LogP contribution >= 0.6 is 8.17 Å². The summed E-state index contributed by atoms with van der Waals surface area (Å²) in [5, 5.41) is 19.8. The van der Waals surface area contributed by atoms with Crippen molar-refractivity contribution in [2.45, 2.75) is 165 Å². The van der Waals surface area contributed by atoms with Gasteiger partial charge in [-0.25, -0.2) is 17.9 Å². The molecule has 2 aliphatic rings. The number of hydrogen-bond donors (Lipinski definition) is 4. The van der Waals surface area contributed by atoms with Gasteiger partial charge in [0.2, 0.25) is 0 Å². The molecule has 61 heavy (non-hydrogen) atoms. The molecule has 21 heteroatoms. The first-order valence-corrected chi connectivity index (χ1v) is 24.6. The molecule has 0 spiro atoms. The van der Waals surface area contributed by atoms with Gasteiger partial charge in [0, 0.05) is 32.4 Å². The van der Waals surface area contributed by atoms with E-state index in [0.29, 0.717) is 36.9 Å². The number of aliphatic hydroxyl groups excluding tert-OH is 2. The van der Waals surface area contributed by atoms with Gasteiger partial charge < -0.3 is 47.8 Å². The summed E-state index contributed by atoms with van der Waals surface area (Å²) >= 11 is 0. The van der Waals surface area contributed by atoms with Crippen LogP contribution in [0.15, 0.2) is 12.2 Å². The average Bonchev–Trinajstić information content (AvgIpc) is 3.46. The number of fused-ring (bicyclic) bond motifs is 2. The summed E-state index contributed by atoms with van der Waals surface area (Å²) in [5.41, 5.74) is 0. The number of nitrogens with zero attached hydrogens (tertiary/aromatic N) is 1. The number of carbonyl (C=O) groups is 2. The van der Waals surface area contributed by atoms with E-state index in [9.17, 15) is 37.5 Å². The number of phosphoric acid groups is 1. The molecule has 7 atom stereocenters. The minimum Gasteiger partial charge on any atom is -0.735 e. The van der Waals surface area contributed by atoms with Gasteiger partial charge in [0.1, 0.15) is 32.5 Å². The predicted octanol–water partition coefficient (Wildman–Crippen LogP) is 0.485. The van der Waals surface area contributed by atoms with E-state index in [-0.39, 0.29) is 61.6 Å². The van der Waals surface area contributed by atoms with E-state index >= 15 is 0 Å². The number of quaternary nitrogens is 1. The Morgan fingerprint density at radius 1 is 0.918 bits per heavy atom. The van der Waals surface area contributed by atoms with Crippen molar-refractivity contribution in [3.05, 3.63) is 12.2 Å². The number of rotatable bonds is 36. The Bertz CT molecular complexity index is 1340. The summed E-state index contributed by atoms with van der Waals surface area (Å²) in [6.45, 7) is 0.735. The third-order valence-electron chi connectivity index (χ3n) is 10.3. The van der Waals surface area contributed by atoms with Crippen molar-refractivity contribution in [1.29, 1.82) is 0 Å². The Kier molecular flexibility index (Phi) is 30.2. The average molecular weight is 926 g/mol. The van der Waals surface area contributed by atoms with E-state index in [0.717, 1.165) is 77.0 Å². The predicted molar refractivity (Wildman–Crippen MR) is 220 cm³/mol. The molecule has 2 bridgehead atoms. The van der Waals surface area contributed by atoms with Crippen LogP contribution in [0.3, 0.4) is 0 Å². The van der Waals surface area contributed by atoms with Crippen molar-refractivity contribution in [3.63, 3.8) is 0 Å². The molecule has 0 radical (unpaired) electrons. The molecule has 0 aromatic heterocycles. The number of ether oxygens (including phenoxy) is 5. The van der Waals surface area contributed by atoms with Gasteiger partial charge in [-0.15, -0.1) is 0 Å². The van der Waals surface area contributed by atoms with Gasteiger partial charge in [-0.05, 0) is 38.5 Å². The van der Waals surface area contributed by atoms with E-state index in [1.807, 2.05) is 21.1 Å². The number of aliphatic hydroxyl groups is 2. The molecule has 2 rings (SSSR count). The molecule has 2 aliphatic heterocycles. The van der Waals surface area contributed by atoms with Crippen LogP contribution in [-0.2, 0) is 52.6 Å². The third-order valence-corrected chi connectivity index (χ3v) is 11.9. The minimum absolute atomic E-state index is 0. The molecule has 2 saturated heterocycles. The van der Waals surface area contributed by atoms with Crippen molar-refractivity contribution < 1.29 is 109 Å². The summed E-state index contributed by atoms with van der Waals surface area (Å²) in [7, 11) is -3.31. The summed E-state index contributed by atoms with van der Waals surface area (Å²) in [4.78, 5) is 46.0. The summed E-state index contributed by atoms with van der Waals surface area (Å²) < 4.78 is 72.9. The third kappa shape index (κ3) is 29.0. The monoisotopic (exact) mass is 925 g/mol. The molecule has 2 heterocycles. The summed E-state index contributed by atoms with van der Waals surface area (Å²) in [6, 6.07) is -0.917. The van der Waals surface area contributed by atoms with E-state index in [1.54, 1.807) is 10.8 Å². The number of phosphoric ester groups is 1. The Morgan fingerprint density at radius 3 is 2.15 bits per heavy atom. The van der Waals surface area contributed by atoms with Crippen LogP contribution in [0.4, 0.5) is 0 Å². The van der Waals surface area contributed by atoms with Crippen LogP contribution in [0, 0.1) is 0 Å². The molecule has 0 aliphatic carbocycles. The van der Waals surface area contributed by atoms with Crippen LogP contribution in [0.25, 0.3) is 0 Å². The maximum atomic E-state index is 12.4. The number of allylic oxidation sites excluding steroid dienone is 1. The molecule has 0 aromatic rings. The van der Waals surface area contributed by atoms with Crippen molar-refractivity contribution in [2.75, 3.05) is 67.3 Å². The van der Waals surface area contributed by atoms with E-state index in [1.165, 1.54) is 38.7 Å². The maximum absolute atomic E-state index is 12.4. The van der Waals surface area contributed by atoms with Gasteiger partial charge in [0.15, 0.2) is 22.2 Å².